The molecule has 0 bridgehead atoms. The van der Waals surface area contributed by atoms with E-state index in [2.05, 4.69) is 10.6 Å². The molecule has 0 saturated carbocycles. The predicted molar refractivity (Wildman–Crippen MR) is 76.8 cm³/mol. The summed E-state index contributed by atoms with van der Waals surface area (Å²) >= 11 is 6.00. The fourth-order valence-corrected chi connectivity index (χ4v) is 1.57. The number of hydrogen-bond donors (Lipinski definition) is 2. The van der Waals surface area contributed by atoms with Crippen molar-refractivity contribution < 1.29 is 9.53 Å². The van der Waals surface area contributed by atoms with Gasteiger partial charge in [-0.15, -0.1) is 12.4 Å². The molecule has 2 N–H and O–H groups in total. The van der Waals surface area contributed by atoms with Crippen LogP contribution < -0.4 is 10.6 Å². The Labute approximate surface area is 118 Å². The molecule has 4 nitrogen and oxygen atoms in total. The smallest absolute Gasteiger partial charge is 0.238 e. The Balaban J connectivity index is 0.00000289. The van der Waals surface area contributed by atoms with Gasteiger partial charge >= 0.3 is 0 Å². The molecule has 0 aliphatic rings. The van der Waals surface area contributed by atoms with Crippen LogP contribution >= 0.6 is 24.0 Å². The molecular weight excluding hydrogens is 275 g/mol. The minimum Gasteiger partial charge on any atom is -0.383 e. The summed E-state index contributed by atoms with van der Waals surface area (Å²) in [6, 6.07) is 5.51. The number of carbonyl (C=O) groups excluding carboxylic acids is 1. The number of carbonyl (C=O) groups is 1. The highest BCUT2D eigenvalue weighted by Gasteiger charge is 2.05. The van der Waals surface area contributed by atoms with Crippen LogP contribution in [0.25, 0.3) is 0 Å². The third kappa shape index (κ3) is 6.21. The summed E-state index contributed by atoms with van der Waals surface area (Å²) in [7, 11) is 1.62. The van der Waals surface area contributed by atoms with Crippen LogP contribution in [0.2, 0.25) is 5.02 Å². The number of hydrogen-bond acceptors (Lipinski definition) is 3. The van der Waals surface area contributed by atoms with Crippen molar-refractivity contribution in [1.29, 1.82) is 0 Å². The van der Waals surface area contributed by atoms with Crippen LogP contribution in [-0.4, -0.2) is 32.7 Å². The van der Waals surface area contributed by atoms with E-state index >= 15 is 0 Å². The molecule has 0 aromatic heterocycles. The van der Waals surface area contributed by atoms with Gasteiger partial charge in [-0.2, -0.15) is 0 Å². The van der Waals surface area contributed by atoms with Crippen molar-refractivity contribution in [1.82, 2.24) is 5.32 Å². The fraction of sp³-hybridized carbons (Fsp3) is 0.417. The van der Waals surface area contributed by atoms with E-state index < -0.39 is 0 Å². The second kappa shape index (κ2) is 9.16. The summed E-state index contributed by atoms with van der Waals surface area (Å²) in [6.45, 7) is 3.42. The second-order valence-electron chi connectivity index (χ2n) is 3.70. The summed E-state index contributed by atoms with van der Waals surface area (Å²) in [6.07, 6.45) is 0. The van der Waals surface area contributed by atoms with Gasteiger partial charge in [0, 0.05) is 13.7 Å². The summed E-state index contributed by atoms with van der Waals surface area (Å²) in [5.74, 6) is -0.119. The number of nitrogens with one attached hydrogen (secondary N) is 2. The van der Waals surface area contributed by atoms with Crippen LogP contribution in [0.15, 0.2) is 18.2 Å². The van der Waals surface area contributed by atoms with E-state index in [9.17, 15) is 4.79 Å². The van der Waals surface area contributed by atoms with Gasteiger partial charge in [-0.25, -0.2) is 0 Å². The standard InChI is InChI=1S/C12H17ClN2O2.ClH/c1-9-3-4-11(10(13)7-9)15-12(16)8-14-5-6-17-2;/h3-4,7,14H,5-6,8H2,1-2H3,(H,15,16);1H. The number of methoxy groups -OCH3 is 1. The molecule has 1 aromatic rings. The molecule has 0 unspecified atom stereocenters. The Morgan fingerprint density at radius 3 is 2.78 bits per heavy atom. The first-order chi connectivity index (χ1) is 8.13. The van der Waals surface area contributed by atoms with Gasteiger partial charge in [0.1, 0.15) is 0 Å². The monoisotopic (exact) mass is 292 g/mol. The van der Waals surface area contributed by atoms with E-state index in [0.29, 0.717) is 23.9 Å². The zero-order valence-electron chi connectivity index (χ0n) is 10.5. The highest BCUT2D eigenvalue weighted by Crippen LogP contribution is 2.22. The molecule has 1 aromatic carbocycles. The molecule has 102 valence electrons. The SMILES string of the molecule is COCCNCC(=O)Nc1ccc(C)cc1Cl.Cl. The summed E-state index contributed by atoms with van der Waals surface area (Å²) in [5, 5.41) is 6.25. The van der Waals surface area contributed by atoms with E-state index in [4.69, 9.17) is 16.3 Å². The molecule has 0 fully saturated rings. The van der Waals surface area contributed by atoms with E-state index in [1.165, 1.54) is 0 Å². The third-order valence-corrected chi connectivity index (χ3v) is 2.48. The number of halogens is 2. The van der Waals surface area contributed by atoms with E-state index in [0.717, 1.165) is 5.56 Å². The van der Waals surface area contributed by atoms with Crippen LogP contribution in [0.3, 0.4) is 0 Å². The second-order valence-corrected chi connectivity index (χ2v) is 4.11. The van der Waals surface area contributed by atoms with Crippen molar-refractivity contribution in [3.05, 3.63) is 28.8 Å². The maximum absolute atomic E-state index is 11.5. The van der Waals surface area contributed by atoms with Crippen molar-refractivity contribution >= 4 is 35.6 Å². The molecule has 18 heavy (non-hydrogen) atoms. The molecule has 0 heterocycles. The first-order valence-electron chi connectivity index (χ1n) is 5.39. The van der Waals surface area contributed by atoms with Crippen LogP contribution in [-0.2, 0) is 9.53 Å². The van der Waals surface area contributed by atoms with Gasteiger partial charge in [0.05, 0.1) is 23.9 Å². The quantitative estimate of drug-likeness (QED) is 0.791. The van der Waals surface area contributed by atoms with Crippen molar-refractivity contribution in [3.63, 3.8) is 0 Å². The molecule has 1 amide bonds. The van der Waals surface area contributed by atoms with E-state index in [1.807, 2.05) is 19.1 Å². The van der Waals surface area contributed by atoms with Crippen LogP contribution in [0.4, 0.5) is 5.69 Å². The van der Waals surface area contributed by atoms with Gasteiger partial charge < -0.3 is 15.4 Å². The lowest BCUT2D eigenvalue weighted by atomic mass is 10.2. The van der Waals surface area contributed by atoms with Crippen LogP contribution in [0.5, 0.6) is 0 Å². The normalized spacial score (nSPS) is 9.72. The molecule has 0 spiro atoms. The number of ether oxygens (including phenoxy) is 1. The number of rotatable bonds is 6. The average Bonchev–Trinajstić information content (AvgIpc) is 2.28. The van der Waals surface area contributed by atoms with Crippen LogP contribution in [0.1, 0.15) is 5.56 Å². The molecule has 0 atom stereocenters. The zero-order valence-corrected chi connectivity index (χ0v) is 12.0. The molecule has 1 rings (SSSR count). The first-order valence-corrected chi connectivity index (χ1v) is 5.77. The van der Waals surface area contributed by atoms with Crippen molar-refractivity contribution in [2.75, 3.05) is 32.1 Å². The lowest BCUT2D eigenvalue weighted by Crippen LogP contribution is -2.30. The number of anilines is 1. The van der Waals surface area contributed by atoms with Crippen molar-refractivity contribution in [2.24, 2.45) is 0 Å². The first kappa shape index (κ1) is 17.2. The Morgan fingerprint density at radius 1 is 1.44 bits per heavy atom. The Hall–Kier alpha value is -0.810. The van der Waals surface area contributed by atoms with Crippen LogP contribution in [0, 0.1) is 6.92 Å². The highest BCUT2D eigenvalue weighted by molar-refractivity contribution is 6.33. The van der Waals surface area contributed by atoms with E-state index in [1.54, 1.807) is 13.2 Å². The largest absolute Gasteiger partial charge is 0.383 e. The molecular formula is C12H18Cl2N2O2. The summed E-state index contributed by atoms with van der Waals surface area (Å²) < 4.78 is 4.86. The van der Waals surface area contributed by atoms with Gasteiger partial charge in [0.15, 0.2) is 0 Å². The average molecular weight is 293 g/mol. The van der Waals surface area contributed by atoms with E-state index in [-0.39, 0.29) is 24.9 Å². The Morgan fingerprint density at radius 2 is 2.17 bits per heavy atom. The maximum atomic E-state index is 11.5. The minimum absolute atomic E-state index is 0. The molecule has 0 aliphatic heterocycles. The lowest BCUT2D eigenvalue weighted by molar-refractivity contribution is -0.115. The topological polar surface area (TPSA) is 50.4 Å². The van der Waals surface area contributed by atoms with Gasteiger partial charge in [-0.05, 0) is 24.6 Å². The maximum Gasteiger partial charge on any atom is 0.238 e. The number of aryl methyl sites for hydroxylation is 1. The fourth-order valence-electron chi connectivity index (χ4n) is 1.29. The molecule has 0 saturated heterocycles. The summed E-state index contributed by atoms with van der Waals surface area (Å²) in [4.78, 5) is 11.5. The molecule has 6 heteroatoms. The predicted octanol–water partition coefficient (Wildman–Crippen LogP) is 2.24. The van der Waals surface area contributed by atoms with Gasteiger partial charge in [0.2, 0.25) is 5.91 Å². The minimum atomic E-state index is -0.119. The third-order valence-electron chi connectivity index (χ3n) is 2.17. The zero-order chi connectivity index (χ0) is 12.7. The van der Waals surface area contributed by atoms with Gasteiger partial charge in [0.25, 0.3) is 0 Å². The molecule has 0 aliphatic carbocycles. The summed E-state index contributed by atoms with van der Waals surface area (Å²) in [5.41, 5.74) is 1.70. The lowest BCUT2D eigenvalue weighted by Gasteiger charge is -2.08. The highest BCUT2D eigenvalue weighted by atomic mass is 35.5. The van der Waals surface area contributed by atoms with Crippen molar-refractivity contribution in [2.45, 2.75) is 6.92 Å². The Kier molecular flexibility index (Phi) is 8.75. The molecule has 0 radical (unpaired) electrons. The Bertz CT molecular complexity index is 386. The van der Waals surface area contributed by atoms with Crippen molar-refractivity contribution in [3.8, 4) is 0 Å². The number of benzene rings is 1. The number of amides is 1. The van der Waals surface area contributed by atoms with Gasteiger partial charge in [-0.1, -0.05) is 17.7 Å². The van der Waals surface area contributed by atoms with Gasteiger partial charge in [-0.3, -0.25) is 4.79 Å².